The Labute approximate surface area is 260 Å². The van der Waals surface area contributed by atoms with Crippen LogP contribution >= 0.6 is 11.3 Å². The number of ketones is 1. The maximum atomic E-state index is 11.7. The number of aromatic nitrogens is 2. The molecule has 2 heterocycles. The molecule has 2 aromatic heterocycles. The van der Waals surface area contributed by atoms with Gasteiger partial charge in [-0.05, 0) is 25.7 Å². The minimum Gasteiger partial charge on any atom is 0 e. The van der Waals surface area contributed by atoms with Gasteiger partial charge in [0, 0.05) is 38.0 Å². The smallest absolute Gasteiger partial charge is 0 e. The molecule has 0 saturated heterocycles. The number of carbonyl (C=O) groups excluding carboxylic acids is 1. The van der Waals surface area contributed by atoms with E-state index in [1.807, 2.05) is 39.0 Å². The van der Waals surface area contributed by atoms with Crippen LogP contribution in [0.5, 0.6) is 0 Å². The van der Waals surface area contributed by atoms with Gasteiger partial charge in [-0.25, -0.2) is 0 Å². The van der Waals surface area contributed by atoms with E-state index in [2.05, 4.69) is 76.6 Å². The van der Waals surface area contributed by atoms with Crippen molar-refractivity contribution in [2.75, 3.05) is 0 Å². The number of allylic oxidation sites excluding steroid dienone is 2. The van der Waals surface area contributed by atoms with Gasteiger partial charge in [0.2, 0.25) is 0 Å². The SMILES string of the molecule is CCC(CC)C(=O)/C=C(\O)C(CC)CC.Cc1[c]([Ge]([CH3])([CH3])[CH3])sc2c(-c3[c-]c4ccccc4cc3)ncnc12.[Ir]. The zero-order chi connectivity index (χ0) is 28.7. The van der Waals surface area contributed by atoms with E-state index < -0.39 is 13.3 Å². The fourth-order valence-corrected chi connectivity index (χ4v) is 11.5. The van der Waals surface area contributed by atoms with Crippen LogP contribution in [-0.2, 0) is 24.9 Å². The fraction of sp³-hybridized carbons (Fsp3) is 0.424. The Morgan fingerprint density at radius 3 is 2.20 bits per heavy atom. The standard InChI is InChI=1S/C20H19GeN2S.C13H24O2.Ir/c1-13-17-19(24-20(13)21(2,3)4)18(23-12-22-17)16-10-9-14-7-5-6-8-15(14)11-16;1-5-10(6-2)12(14)9-13(15)11(7-3)8-4;/h5-10,12H,1-4H3;9-11,14H,5-8H2,1-4H3;/q-1;;/b;12-9-;. The number of thiophene rings is 1. The molecule has 0 spiro atoms. The minimum absolute atomic E-state index is 0. The van der Waals surface area contributed by atoms with Gasteiger partial charge >= 0.3 is 149 Å². The number of aryl methyl sites for hydroxylation is 1. The third-order valence-corrected chi connectivity index (χ3v) is 16.0. The molecule has 0 aliphatic carbocycles. The van der Waals surface area contributed by atoms with E-state index >= 15 is 0 Å². The van der Waals surface area contributed by atoms with Crippen molar-refractivity contribution in [3.05, 3.63) is 66.2 Å². The molecule has 1 radical (unpaired) electrons. The minimum atomic E-state index is -1.91. The number of aliphatic hydroxyl groups excluding tert-OH is 1. The molecule has 4 nitrogen and oxygen atoms in total. The summed E-state index contributed by atoms with van der Waals surface area (Å²) in [5.74, 6) is 7.86. The van der Waals surface area contributed by atoms with Crippen molar-refractivity contribution in [2.45, 2.75) is 77.6 Å². The molecule has 0 unspecified atom stereocenters. The summed E-state index contributed by atoms with van der Waals surface area (Å²) in [6, 6.07) is 16.1. The molecule has 7 heteroatoms. The van der Waals surface area contributed by atoms with E-state index in [-0.39, 0.29) is 43.5 Å². The van der Waals surface area contributed by atoms with Crippen molar-refractivity contribution < 1.29 is 30.0 Å². The summed E-state index contributed by atoms with van der Waals surface area (Å²) in [4.78, 5) is 20.9. The van der Waals surface area contributed by atoms with Gasteiger partial charge in [-0.1, -0.05) is 27.7 Å². The number of fused-ring (bicyclic) bond motifs is 2. The van der Waals surface area contributed by atoms with Crippen molar-refractivity contribution >= 4 is 55.1 Å². The van der Waals surface area contributed by atoms with Crippen molar-refractivity contribution in [2.24, 2.45) is 11.8 Å². The zero-order valence-electron chi connectivity index (χ0n) is 25.1. The van der Waals surface area contributed by atoms with E-state index in [4.69, 9.17) is 0 Å². The Morgan fingerprint density at radius 1 is 0.975 bits per heavy atom. The van der Waals surface area contributed by atoms with Gasteiger partial charge < -0.3 is 5.11 Å². The van der Waals surface area contributed by atoms with Crippen LogP contribution in [0, 0.1) is 24.8 Å². The van der Waals surface area contributed by atoms with Gasteiger partial charge in [0.15, 0.2) is 5.78 Å². The largest absolute Gasteiger partial charge is 0 e. The van der Waals surface area contributed by atoms with E-state index in [9.17, 15) is 9.90 Å². The van der Waals surface area contributed by atoms with Crippen molar-refractivity contribution in [1.82, 2.24) is 9.97 Å². The second-order valence-corrected chi connectivity index (χ2v) is 23.4. The van der Waals surface area contributed by atoms with E-state index in [0.29, 0.717) is 0 Å². The Kier molecular flexibility index (Phi) is 13.2. The van der Waals surface area contributed by atoms with Gasteiger partial charge in [0.25, 0.3) is 0 Å². The van der Waals surface area contributed by atoms with Crippen molar-refractivity contribution in [1.29, 1.82) is 0 Å². The quantitative estimate of drug-likeness (QED) is 0.0796. The summed E-state index contributed by atoms with van der Waals surface area (Å²) in [5, 5.41) is 12.1. The third kappa shape index (κ3) is 8.12. The van der Waals surface area contributed by atoms with E-state index in [0.717, 1.165) is 47.8 Å². The molecule has 0 bridgehead atoms. The molecule has 0 atom stereocenters. The predicted octanol–water partition coefficient (Wildman–Crippen LogP) is 9.03. The maximum Gasteiger partial charge on any atom is 0 e. The number of hydrogen-bond donors (Lipinski definition) is 1. The van der Waals surface area contributed by atoms with Crippen LogP contribution in [0.25, 0.3) is 32.2 Å². The van der Waals surface area contributed by atoms with Gasteiger partial charge in [0.1, 0.15) is 0 Å². The molecular formula is C33H43GeIrN2O2S-. The topological polar surface area (TPSA) is 63.1 Å². The second kappa shape index (κ2) is 15.4. The maximum absolute atomic E-state index is 11.7. The van der Waals surface area contributed by atoms with E-state index in [1.54, 1.807) is 10.0 Å². The molecule has 40 heavy (non-hydrogen) atoms. The summed E-state index contributed by atoms with van der Waals surface area (Å²) in [5.41, 5.74) is 4.53. The van der Waals surface area contributed by atoms with Crippen LogP contribution in [0.4, 0.5) is 0 Å². The van der Waals surface area contributed by atoms with Crippen molar-refractivity contribution in [3.8, 4) is 11.3 Å². The molecule has 1 N–H and O–H groups in total. The second-order valence-electron chi connectivity index (χ2n) is 11.2. The molecular weight excluding hydrogens is 753 g/mol. The molecule has 0 aliphatic rings. The average Bonchev–Trinajstić information content (AvgIpc) is 3.27. The Balaban J connectivity index is 0.000000307. The van der Waals surface area contributed by atoms with Crippen LogP contribution in [0.1, 0.15) is 58.9 Å². The Hall–Kier alpha value is -1.86. The van der Waals surface area contributed by atoms with Gasteiger partial charge in [0.05, 0.1) is 5.76 Å². The van der Waals surface area contributed by atoms with Crippen LogP contribution in [0.2, 0.25) is 17.3 Å². The first kappa shape index (κ1) is 34.3. The van der Waals surface area contributed by atoms with Gasteiger partial charge in [-0.3, -0.25) is 4.79 Å². The molecule has 0 amide bonds. The molecule has 4 rings (SSSR count). The first-order valence-corrected chi connectivity index (χ1v) is 22.3. The van der Waals surface area contributed by atoms with Crippen LogP contribution in [0.15, 0.2) is 54.6 Å². The molecule has 4 aromatic rings. The molecule has 217 valence electrons. The number of nitrogens with zero attached hydrogens (tertiary/aromatic N) is 2. The summed E-state index contributed by atoms with van der Waals surface area (Å²) in [6.45, 7) is 10.3. The third-order valence-electron chi connectivity index (χ3n) is 7.38. The predicted molar refractivity (Wildman–Crippen MR) is 171 cm³/mol. The normalized spacial score (nSPS) is 12.0. The summed E-state index contributed by atoms with van der Waals surface area (Å²) >= 11 is -0.0166. The number of hydrogen-bond acceptors (Lipinski definition) is 5. The average molecular weight is 797 g/mol. The fourth-order valence-electron chi connectivity index (χ4n) is 4.96. The van der Waals surface area contributed by atoms with Gasteiger partial charge in [-0.15, -0.1) is 0 Å². The molecule has 0 aliphatic heterocycles. The number of aliphatic hydroxyl groups is 1. The zero-order valence-corrected chi connectivity index (χ0v) is 30.4. The van der Waals surface area contributed by atoms with Crippen LogP contribution in [0.3, 0.4) is 0 Å². The molecule has 0 saturated carbocycles. The Bertz CT molecular complexity index is 1450. The molecule has 0 fully saturated rings. The van der Waals surface area contributed by atoms with Crippen molar-refractivity contribution in [3.63, 3.8) is 0 Å². The summed E-state index contributed by atoms with van der Waals surface area (Å²) < 4.78 is 2.77. The number of rotatable bonds is 9. The number of benzene rings is 2. The van der Waals surface area contributed by atoms with Gasteiger partial charge in [-0.2, -0.15) is 0 Å². The first-order chi connectivity index (χ1) is 18.5. The summed E-state index contributed by atoms with van der Waals surface area (Å²) in [7, 11) is 0. The first-order valence-electron chi connectivity index (χ1n) is 14.2. The Morgan fingerprint density at radius 2 is 1.60 bits per heavy atom. The molecule has 2 aromatic carbocycles. The van der Waals surface area contributed by atoms with E-state index in [1.165, 1.54) is 21.7 Å². The number of carbonyl (C=O) groups is 1. The monoisotopic (exact) mass is 798 g/mol. The van der Waals surface area contributed by atoms with Crippen LogP contribution < -0.4 is 3.71 Å². The summed E-state index contributed by atoms with van der Waals surface area (Å²) in [6.07, 6.45) is 6.60. The van der Waals surface area contributed by atoms with Crippen LogP contribution in [-0.4, -0.2) is 34.1 Å².